The number of para-hydroxylation sites is 2. The van der Waals surface area contributed by atoms with E-state index in [4.69, 9.17) is 0 Å². The third-order valence-corrected chi connectivity index (χ3v) is 14.6. The lowest BCUT2D eigenvalue weighted by Gasteiger charge is -2.19. The van der Waals surface area contributed by atoms with Crippen molar-refractivity contribution < 1.29 is 0 Å². The van der Waals surface area contributed by atoms with Crippen LogP contribution in [0, 0.1) is 0 Å². The first-order valence-electron chi connectivity index (χ1n) is 22.7. The van der Waals surface area contributed by atoms with Gasteiger partial charge in [-0.3, -0.25) is 0 Å². The lowest BCUT2D eigenvalue weighted by molar-refractivity contribution is 1.19. The van der Waals surface area contributed by atoms with Crippen molar-refractivity contribution in [2.24, 2.45) is 0 Å². The molecular weight excluding hydrogens is 783 g/mol. The summed E-state index contributed by atoms with van der Waals surface area (Å²) in [5.74, 6) is 0. The highest BCUT2D eigenvalue weighted by molar-refractivity contribution is 6.45. The van der Waals surface area contributed by atoms with Crippen molar-refractivity contribution in [3.63, 3.8) is 0 Å². The second-order valence-electron chi connectivity index (χ2n) is 17.9. The van der Waals surface area contributed by atoms with Crippen molar-refractivity contribution in [1.29, 1.82) is 0 Å². The van der Waals surface area contributed by atoms with E-state index in [0.29, 0.717) is 0 Å². The van der Waals surface area contributed by atoms with Crippen molar-refractivity contribution in [2.45, 2.75) is 0 Å². The van der Waals surface area contributed by atoms with E-state index in [-0.39, 0.29) is 0 Å². The zero-order chi connectivity index (χ0) is 42.3. The van der Waals surface area contributed by atoms with Crippen LogP contribution in [-0.2, 0) is 0 Å². The van der Waals surface area contributed by atoms with Crippen molar-refractivity contribution in [3.8, 4) is 39.1 Å². The summed E-state index contributed by atoms with van der Waals surface area (Å²) in [6, 6.07) is 84.0. The normalized spacial score (nSPS) is 12.3. The fourth-order valence-corrected chi connectivity index (χ4v) is 12.0. The summed E-state index contributed by atoms with van der Waals surface area (Å²) in [5.41, 5.74) is 11.2. The van der Waals surface area contributed by atoms with Crippen LogP contribution in [0.2, 0.25) is 0 Å². The van der Waals surface area contributed by atoms with Crippen LogP contribution in [-0.4, -0.2) is 4.57 Å². The molecule has 0 atom stereocenters. The molecule has 0 N–H and O–H groups in total. The van der Waals surface area contributed by atoms with Gasteiger partial charge in [0.2, 0.25) is 0 Å². The minimum absolute atomic E-state index is 1.17. The van der Waals surface area contributed by atoms with Gasteiger partial charge in [-0.2, -0.15) is 0 Å². The molecule has 0 saturated heterocycles. The maximum absolute atomic E-state index is 2.53. The molecule has 14 aromatic carbocycles. The third kappa shape index (κ3) is 4.71. The Bertz CT molecular complexity index is 4390. The molecule has 0 unspecified atom stereocenters. The van der Waals surface area contributed by atoms with Gasteiger partial charge in [0, 0.05) is 16.5 Å². The Labute approximate surface area is 374 Å². The molecule has 0 radical (unpaired) electrons. The summed E-state index contributed by atoms with van der Waals surface area (Å²) in [6.45, 7) is 0. The molecule has 1 heteroatoms. The molecule has 0 fully saturated rings. The molecule has 1 nitrogen and oxygen atoms in total. The smallest absolute Gasteiger partial charge is 0.0541 e. The summed E-state index contributed by atoms with van der Waals surface area (Å²) in [5, 5.41) is 23.4. The van der Waals surface area contributed by atoms with Crippen LogP contribution in [0.4, 0.5) is 0 Å². The van der Waals surface area contributed by atoms with E-state index in [2.05, 4.69) is 229 Å². The van der Waals surface area contributed by atoms with Gasteiger partial charge in [0.1, 0.15) is 0 Å². The van der Waals surface area contributed by atoms with Crippen molar-refractivity contribution in [3.05, 3.63) is 224 Å². The molecule has 0 saturated carbocycles. The maximum Gasteiger partial charge on any atom is 0.0541 e. The summed E-state index contributed by atoms with van der Waals surface area (Å²) in [6.07, 6.45) is 0. The lowest BCUT2D eigenvalue weighted by Crippen LogP contribution is -1.93. The van der Waals surface area contributed by atoms with Gasteiger partial charge in [-0.05, 0) is 156 Å². The maximum atomic E-state index is 2.53. The molecule has 298 valence electrons. The Balaban J connectivity index is 1.02. The third-order valence-electron chi connectivity index (χ3n) is 14.6. The van der Waals surface area contributed by atoms with E-state index in [1.807, 2.05) is 0 Å². The van der Waals surface area contributed by atoms with E-state index < -0.39 is 0 Å². The fraction of sp³-hybridized carbons (Fsp3) is 0. The van der Waals surface area contributed by atoms with Gasteiger partial charge in [0.15, 0.2) is 0 Å². The average Bonchev–Trinajstić information content (AvgIpc) is 4.01. The van der Waals surface area contributed by atoms with Crippen molar-refractivity contribution in [1.82, 2.24) is 4.57 Å². The number of nitrogens with zero attached hydrogens (tertiary/aromatic N) is 1. The minimum Gasteiger partial charge on any atom is -0.309 e. The molecule has 1 aromatic heterocycles. The van der Waals surface area contributed by atoms with E-state index in [1.165, 1.54) is 147 Å². The van der Waals surface area contributed by atoms with Crippen LogP contribution in [0.3, 0.4) is 0 Å². The Hall–Kier alpha value is -8.52. The summed E-state index contributed by atoms with van der Waals surface area (Å²) in [7, 11) is 0. The van der Waals surface area contributed by atoms with Gasteiger partial charge in [-0.25, -0.2) is 0 Å². The molecular formula is C64H37N. The largest absolute Gasteiger partial charge is 0.309 e. The van der Waals surface area contributed by atoms with Gasteiger partial charge in [0.05, 0.1) is 11.0 Å². The van der Waals surface area contributed by atoms with Crippen molar-refractivity contribution in [2.75, 3.05) is 0 Å². The van der Waals surface area contributed by atoms with Crippen LogP contribution in [0.5, 0.6) is 0 Å². The molecule has 0 bridgehead atoms. The zero-order valence-electron chi connectivity index (χ0n) is 35.3. The predicted octanol–water partition coefficient (Wildman–Crippen LogP) is 17.9. The van der Waals surface area contributed by atoms with Gasteiger partial charge < -0.3 is 4.57 Å². The fourth-order valence-electron chi connectivity index (χ4n) is 12.0. The molecule has 1 heterocycles. The summed E-state index contributed by atoms with van der Waals surface area (Å²) < 4.78 is 2.41. The second kappa shape index (κ2) is 13.0. The molecule has 15 aromatic rings. The zero-order valence-corrected chi connectivity index (χ0v) is 35.3. The van der Waals surface area contributed by atoms with Gasteiger partial charge in [-0.15, -0.1) is 0 Å². The Kier molecular flexibility index (Phi) is 7.01. The molecule has 0 aliphatic heterocycles. The summed E-state index contributed by atoms with van der Waals surface area (Å²) in [4.78, 5) is 0. The summed E-state index contributed by atoms with van der Waals surface area (Å²) >= 11 is 0. The minimum atomic E-state index is 1.17. The monoisotopic (exact) mass is 819 g/mol. The van der Waals surface area contributed by atoms with Crippen LogP contribution in [0.15, 0.2) is 224 Å². The first-order chi connectivity index (χ1) is 32.3. The quantitative estimate of drug-likeness (QED) is 0.156. The Morgan fingerprint density at radius 3 is 1.46 bits per heavy atom. The number of hydrogen-bond donors (Lipinski definition) is 0. The average molecular weight is 820 g/mol. The Morgan fingerprint density at radius 2 is 0.738 bits per heavy atom. The van der Waals surface area contributed by atoms with Crippen molar-refractivity contribution >= 4 is 108 Å². The first kappa shape index (κ1) is 35.0. The lowest BCUT2D eigenvalue weighted by atomic mass is 9.84. The number of fused-ring (bicyclic) bond motifs is 12. The number of hydrogen-bond acceptors (Lipinski definition) is 0. The predicted molar refractivity (Wildman–Crippen MR) is 280 cm³/mol. The molecule has 0 aliphatic rings. The van der Waals surface area contributed by atoms with Gasteiger partial charge in [-0.1, -0.05) is 188 Å². The standard InChI is InChI=1S/C64H37N/c1-3-15-38(16-4-1)58-55-37-54-46-20-8-7-19-45(46)50-24-14-25-51(61(50)54)62(55)59(39-17-5-2-6-18-39)64-52-26-13-23-49-44(33-34-53(60(49)52)63(58)64)42-30-29-41-36-43(32-31-40(41)35-42)65-56-27-11-9-21-47(56)48-22-10-12-28-57(48)65/h1-37H. The molecule has 0 spiro atoms. The van der Waals surface area contributed by atoms with Crippen LogP contribution in [0.1, 0.15) is 0 Å². The molecule has 0 aliphatic carbocycles. The van der Waals surface area contributed by atoms with Gasteiger partial charge >= 0.3 is 0 Å². The number of benzene rings is 12. The highest BCUT2D eigenvalue weighted by Crippen LogP contribution is 2.55. The van der Waals surface area contributed by atoms with E-state index >= 15 is 0 Å². The molecule has 15 rings (SSSR count). The molecule has 65 heavy (non-hydrogen) atoms. The topological polar surface area (TPSA) is 4.93 Å². The SMILES string of the molecule is c1ccc(-c2c3cc4c5ccccc5c5cccc(c3c(-c3ccccc3)c3c6cccc7c(-c8ccc9cc(-n%10c%11ccccc%11c%11ccccc%11%10)ccc9c8)ccc(c23)c76)c54)cc1. The number of aromatic nitrogens is 1. The Morgan fingerprint density at radius 1 is 0.231 bits per heavy atom. The number of rotatable bonds is 4. The second-order valence-corrected chi connectivity index (χ2v) is 17.9. The van der Waals surface area contributed by atoms with Crippen LogP contribution >= 0.6 is 0 Å². The highest BCUT2D eigenvalue weighted by atomic mass is 15.0. The van der Waals surface area contributed by atoms with Crippen LogP contribution < -0.4 is 0 Å². The molecule has 0 amide bonds. The van der Waals surface area contributed by atoms with E-state index in [1.54, 1.807) is 0 Å². The van der Waals surface area contributed by atoms with Crippen LogP contribution in [0.25, 0.3) is 147 Å². The van der Waals surface area contributed by atoms with Gasteiger partial charge in [0.25, 0.3) is 0 Å². The highest BCUT2D eigenvalue weighted by Gasteiger charge is 2.27. The van der Waals surface area contributed by atoms with E-state index in [9.17, 15) is 0 Å². The van der Waals surface area contributed by atoms with E-state index in [0.717, 1.165) is 0 Å². The first-order valence-corrected chi connectivity index (χ1v) is 22.7.